The fourth-order valence-electron chi connectivity index (χ4n) is 1.56. The van der Waals surface area contributed by atoms with Crippen molar-refractivity contribution in [2.45, 2.75) is 59.3 Å². The second-order valence-electron chi connectivity index (χ2n) is 7.11. The maximum absolute atomic E-state index is 12.4. The van der Waals surface area contributed by atoms with Gasteiger partial charge < -0.3 is 9.47 Å². The molecular formula is C16H22BrClN2O4. The zero-order valence-corrected chi connectivity index (χ0v) is 17.0. The molecule has 0 aliphatic rings. The van der Waals surface area contributed by atoms with Gasteiger partial charge in [-0.3, -0.25) is 0 Å². The molecule has 0 spiro atoms. The summed E-state index contributed by atoms with van der Waals surface area (Å²) in [6, 6.07) is 3.29. The van der Waals surface area contributed by atoms with E-state index in [0.717, 1.165) is 4.90 Å². The lowest BCUT2D eigenvalue weighted by Crippen LogP contribution is -2.43. The van der Waals surface area contributed by atoms with Crippen molar-refractivity contribution in [1.82, 2.24) is 9.88 Å². The first-order valence-electron chi connectivity index (χ1n) is 7.33. The molecule has 0 aliphatic heterocycles. The minimum atomic E-state index is -0.814. The molecule has 24 heavy (non-hydrogen) atoms. The van der Waals surface area contributed by atoms with E-state index in [1.165, 1.54) is 0 Å². The van der Waals surface area contributed by atoms with Gasteiger partial charge in [-0.25, -0.2) is 19.5 Å². The first-order chi connectivity index (χ1) is 10.8. The molecule has 2 amide bonds. The predicted octanol–water partition coefficient (Wildman–Crippen LogP) is 5.17. The van der Waals surface area contributed by atoms with E-state index in [4.69, 9.17) is 21.1 Å². The van der Waals surface area contributed by atoms with Crippen LogP contribution in [0.1, 0.15) is 47.2 Å². The van der Waals surface area contributed by atoms with Gasteiger partial charge in [-0.2, -0.15) is 0 Å². The van der Waals surface area contributed by atoms with Crippen LogP contribution in [-0.2, 0) is 16.0 Å². The summed E-state index contributed by atoms with van der Waals surface area (Å²) >= 11 is 9.22. The van der Waals surface area contributed by atoms with Crippen LogP contribution in [0.2, 0.25) is 5.15 Å². The summed E-state index contributed by atoms with van der Waals surface area (Å²) in [7, 11) is 0. The standard InChI is InChI=1S/C16H22BrClN2O4/c1-15(2,3)23-13(21)20(14(22)24-16(4,5)6)9-11-10(17)7-8-12(18)19-11/h7-8H,9H2,1-6H3. The number of nitrogens with zero attached hydrogens (tertiary/aromatic N) is 2. The molecule has 1 aromatic heterocycles. The molecule has 0 atom stereocenters. The average Bonchev–Trinajstić information content (AvgIpc) is 2.35. The van der Waals surface area contributed by atoms with Gasteiger partial charge in [0.05, 0.1) is 12.2 Å². The van der Waals surface area contributed by atoms with E-state index < -0.39 is 23.4 Å². The number of rotatable bonds is 2. The fourth-order valence-corrected chi connectivity index (χ4v) is 2.07. The molecule has 0 unspecified atom stereocenters. The number of amides is 2. The Kier molecular flexibility index (Phi) is 6.64. The van der Waals surface area contributed by atoms with Gasteiger partial charge in [0.2, 0.25) is 0 Å². The smallest absolute Gasteiger partial charge is 0.420 e. The SMILES string of the molecule is CC(C)(C)OC(=O)N(Cc1nc(Cl)ccc1Br)C(=O)OC(C)(C)C. The number of imide groups is 1. The third-order valence-corrected chi connectivity index (χ3v) is 3.35. The van der Waals surface area contributed by atoms with Crippen molar-refractivity contribution in [2.75, 3.05) is 0 Å². The molecule has 1 rings (SSSR count). The number of carbonyl (C=O) groups excluding carboxylic acids is 2. The molecular weight excluding hydrogens is 400 g/mol. The summed E-state index contributed by atoms with van der Waals surface area (Å²) < 4.78 is 11.2. The lowest BCUT2D eigenvalue weighted by molar-refractivity contribution is -0.000514. The molecule has 0 bridgehead atoms. The molecule has 1 aromatic rings. The highest BCUT2D eigenvalue weighted by Gasteiger charge is 2.32. The van der Waals surface area contributed by atoms with Gasteiger partial charge in [-0.05, 0) is 69.6 Å². The third-order valence-electron chi connectivity index (χ3n) is 2.42. The van der Waals surface area contributed by atoms with Crippen LogP contribution in [0.25, 0.3) is 0 Å². The number of hydrogen-bond donors (Lipinski definition) is 0. The normalized spacial score (nSPS) is 11.8. The number of aromatic nitrogens is 1. The van der Waals surface area contributed by atoms with Crippen LogP contribution in [0, 0.1) is 0 Å². The Morgan fingerprint density at radius 1 is 1.08 bits per heavy atom. The second-order valence-corrected chi connectivity index (χ2v) is 8.35. The molecule has 8 heteroatoms. The monoisotopic (exact) mass is 420 g/mol. The molecule has 0 aromatic carbocycles. The van der Waals surface area contributed by atoms with E-state index in [-0.39, 0.29) is 11.7 Å². The summed E-state index contributed by atoms with van der Waals surface area (Å²) in [4.78, 5) is 29.8. The molecule has 6 nitrogen and oxygen atoms in total. The first kappa shape index (κ1) is 20.7. The molecule has 0 N–H and O–H groups in total. The maximum Gasteiger partial charge on any atom is 0.420 e. The maximum atomic E-state index is 12.4. The van der Waals surface area contributed by atoms with Crippen LogP contribution in [0.4, 0.5) is 9.59 Å². The van der Waals surface area contributed by atoms with Gasteiger partial charge >= 0.3 is 12.2 Å². The Labute approximate surface area is 155 Å². The highest BCUT2D eigenvalue weighted by atomic mass is 79.9. The van der Waals surface area contributed by atoms with Gasteiger partial charge in [-0.15, -0.1) is 0 Å². The quantitative estimate of drug-likeness (QED) is 0.616. The van der Waals surface area contributed by atoms with Crippen molar-refractivity contribution in [2.24, 2.45) is 0 Å². The van der Waals surface area contributed by atoms with Gasteiger partial charge in [0, 0.05) is 4.47 Å². The Hall–Kier alpha value is -1.34. The predicted molar refractivity (Wildman–Crippen MR) is 95.0 cm³/mol. The summed E-state index contributed by atoms with van der Waals surface area (Å²) in [6.45, 7) is 10.2. The topological polar surface area (TPSA) is 68.7 Å². The minimum Gasteiger partial charge on any atom is -0.443 e. The first-order valence-corrected chi connectivity index (χ1v) is 8.50. The average molecular weight is 422 g/mol. The van der Waals surface area contributed by atoms with E-state index in [0.29, 0.717) is 10.2 Å². The second kappa shape index (κ2) is 7.70. The fraction of sp³-hybridized carbons (Fsp3) is 0.562. The zero-order chi connectivity index (χ0) is 18.7. The van der Waals surface area contributed by atoms with Gasteiger partial charge in [0.1, 0.15) is 16.4 Å². The van der Waals surface area contributed by atoms with E-state index in [2.05, 4.69) is 20.9 Å². The lowest BCUT2D eigenvalue weighted by Gasteiger charge is -2.28. The molecule has 134 valence electrons. The summed E-state index contributed by atoms with van der Waals surface area (Å²) in [5.74, 6) is 0. The van der Waals surface area contributed by atoms with Crippen molar-refractivity contribution in [3.8, 4) is 0 Å². The van der Waals surface area contributed by atoms with Crippen LogP contribution in [0.5, 0.6) is 0 Å². The van der Waals surface area contributed by atoms with Gasteiger partial charge in [0.25, 0.3) is 0 Å². The van der Waals surface area contributed by atoms with E-state index in [9.17, 15) is 9.59 Å². The highest BCUT2D eigenvalue weighted by molar-refractivity contribution is 9.10. The highest BCUT2D eigenvalue weighted by Crippen LogP contribution is 2.22. The van der Waals surface area contributed by atoms with Crippen molar-refractivity contribution in [3.63, 3.8) is 0 Å². The molecule has 0 saturated heterocycles. The van der Waals surface area contributed by atoms with Crippen LogP contribution in [-0.4, -0.2) is 33.3 Å². The third kappa shape index (κ3) is 7.05. The van der Waals surface area contributed by atoms with Crippen molar-refractivity contribution >= 4 is 39.7 Å². The summed E-state index contributed by atoms with van der Waals surface area (Å²) in [6.07, 6.45) is -1.63. The number of ether oxygens (including phenoxy) is 2. The van der Waals surface area contributed by atoms with Gasteiger partial charge in [-0.1, -0.05) is 11.6 Å². The Balaban J connectivity index is 3.10. The molecule has 0 radical (unpaired) electrons. The number of pyridine rings is 1. The number of hydrogen-bond acceptors (Lipinski definition) is 5. The number of halogens is 2. The summed E-state index contributed by atoms with van der Waals surface area (Å²) in [5.41, 5.74) is -1.09. The van der Waals surface area contributed by atoms with Crippen molar-refractivity contribution in [3.05, 3.63) is 27.5 Å². The number of carbonyl (C=O) groups is 2. The Bertz CT molecular complexity index is 595. The molecule has 1 heterocycles. The molecule has 0 fully saturated rings. The van der Waals surface area contributed by atoms with Crippen LogP contribution >= 0.6 is 27.5 Å². The molecule has 0 aliphatic carbocycles. The van der Waals surface area contributed by atoms with Crippen molar-refractivity contribution < 1.29 is 19.1 Å². The van der Waals surface area contributed by atoms with E-state index in [1.807, 2.05) is 0 Å². The minimum absolute atomic E-state index is 0.134. The largest absolute Gasteiger partial charge is 0.443 e. The van der Waals surface area contributed by atoms with Crippen LogP contribution in [0.15, 0.2) is 16.6 Å². The summed E-state index contributed by atoms with van der Waals surface area (Å²) in [5, 5.41) is 0.251. The van der Waals surface area contributed by atoms with Crippen molar-refractivity contribution in [1.29, 1.82) is 0 Å². The zero-order valence-electron chi connectivity index (χ0n) is 14.6. The Morgan fingerprint density at radius 3 is 1.96 bits per heavy atom. The lowest BCUT2D eigenvalue weighted by atomic mass is 10.2. The van der Waals surface area contributed by atoms with Crippen LogP contribution < -0.4 is 0 Å². The van der Waals surface area contributed by atoms with Crippen LogP contribution in [0.3, 0.4) is 0 Å². The van der Waals surface area contributed by atoms with E-state index in [1.54, 1.807) is 53.7 Å². The Morgan fingerprint density at radius 2 is 1.54 bits per heavy atom. The molecule has 0 saturated carbocycles. The van der Waals surface area contributed by atoms with Gasteiger partial charge in [0.15, 0.2) is 0 Å². The van der Waals surface area contributed by atoms with E-state index >= 15 is 0 Å².